The van der Waals surface area contributed by atoms with E-state index < -0.39 is 0 Å². The molecule has 0 unspecified atom stereocenters. The van der Waals surface area contributed by atoms with Crippen LogP contribution in [0.4, 0.5) is 0 Å². The molecule has 16 heavy (non-hydrogen) atoms. The van der Waals surface area contributed by atoms with Crippen LogP contribution in [0.2, 0.25) is 0 Å². The summed E-state index contributed by atoms with van der Waals surface area (Å²) in [6.45, 7) is 0.928. The first-order valence-electron chi connectivity index (χ1n) is 5.15. The highest BCUT2D eigenvalue weighted by molar-refractivity contribution is 7.99. The Balaban J connectivity index is 2.25. The fourth-order valence-corrected chi connectivity index (χ4v) is 2.87. The Bertz CT molecular complexity index is 577. The van der Waals surface area contributed by atoms with Crippen LogP contribution in [0.5, 0.6) is 0 Å². The van der Waals surface area contributed by atoms with Gasteiger partial charge in [-0.2, -0.15) is 4.98 Å². The largest absolute Gasteiger partial charge is 0.319 e. The minimum atomic E-state index is -0.153. The van der Waals surface area contributed by atoms with E-state index >= 15 is 0 Å². The van der Waals surface area contributed by atoms with E-state index in [0.717, 1.165) is 28.7 Å². The van der Waals surface area contributed by atoms with Gasteiger partial charge < -0.3 is 4.57 Å². The van der Waals surface area contributed by atoms with E-state index in [0.29, 0.717) is 0 Å². The van der Waals surface area contributed by atoms with E-state index in [2.05, 4.69) is 9.55 Å². The number of fused-ring (bicyclic) bond motifs is 1. The van der Waals surface area contributed by atoms with E-state index in [9.17, 15) is 4.79 Å². The topological polar surface area (TPSA) is 34.9 Å². The van der Waals surface area contributed by atoms with E-state index in [1.54, 1.807) is 17.8 Å². The number of benzene rings is 1. The molecule has 0 atom stereocenters. The Morgan fingerprint density at radius 2 is 2.06 bits per heavy atom. The van der Waals surface area contributed by atoms with Gasteiger partial charge in [0.2, 0.25) is 0 Å². The first-order chi connectivity index (χ1) is 7.84. The second-order valence-electron chi connectivity index (χ2n) is 3.62. The second-order valence-corrected chi connectivity index (χ2v) is 4.74. The molecule has 80 valence electrons. The smallest absolute Gasteiger partial charge is 0.274 e. The van der Waals surface area contributed by atoms with Crippen molar-refractivity contribution < 1.29 is 0 Å². The molecule has 0 aliphatic carbocycles. The molecule has 2 aromatic rings. The maximum Gasteiger partial charge on any atom is 0.274 e. The summed E-state index contributed by atoms with van der Waals surface area (Å²) in [6.07, 6.45) is 0. The molecule has 0 fully saturated rings. The molecule has 3 rings (SSSR count). The van der Waals surface area contributed by atoms with E-state index in [-0.39, 0.29) is 5.56 Å². The molecular weight excluding hydrogens is 220 g/mol. The van der Waals surface area contributed by atoms with Crippen molar-refractivity contribution in [3.05, 3.63) is 46.8 Å². The molecule has 0 radical (unpaired) electrons. The standard InChI is InChI=1S/C12H10N2OS/c15-10-8-11-14(6-7-16-11)12(13-10)9-4-2-1-3-5-9/h1-5,8H,6-7H2. The quantitative estimate of drug-likeness (QED) is 0.703. The van der Waals surface area contributed by atoms with Crippen LogP contribution < -0.4 is 5.56 Å². The molecule has 0 saturated carbocycles. The molecule has 1 aromatic heterocycles. The number of hydrogen-bond donors (Lipinski definition) is 0. The lowest BCUT2D eigenvalue weighted by atomic mass is 10.2. The van der Waals surface area contributed by atoms with E-state index in [4.69, 9.17) is 0 Å². The van der Waals surface area contributed by atoms with Crippen LogP contribution in [0.3, 0.4) is 0 Å². The molecule has 1 aliphatic rings. The number of rotatable bonds is 1. The van der Waals surface area contributed by atoms with Crippen molar-refractivity contribution >= 4 is 11.8 Å². The average molecular weight is 230 g/mol. The fraction of sp³-hybridized carbons (Fsp3) is 0.167. The van der Waals surface area contributed by atoms with Crippen molar-refractivity contribution in [1.82, 2.24) is 9.55 Å². The first kappa shape index (κ1) is 9.66. The minimum Gasteiger partial charge on any atom is -0.319 e. The zero-order valence-electron chi connectivity index (χ0n) is 8.59. The van der Waals surface area contributed by atoms with Gasteiger partial charge in [0, 0.05) is 23.9 Å². The van der Waals surface area contributed by atoms with Gasteiger partial charge in [0.15, 0.2) is 0 Å². The third-order valence-corrected chi connectivity index (χ3v) is 3.60. The third kappa shape index (κ3) is 1.55. The molecule has 1 aliphatic heterocycles. The van der Waals surface area contributed by atoms with Gasteiger partial charge in [-0.05, 0) is 0 Å². The van der Waals surface area contributed by atoms with E-state index in [1.165, 1.54) is 0 Å². The number of thioether (sulfide) groups is 1. The van der Waals surface area contributed by atoms with Crippen molar-refractivity contribution in [1.29, 1.82) is 0 Å². The van der Waals surface area contributed by atoms with Crippen LogP contribution >= 0.6 is 11.8 Å². The van der Waals surface area contributed by atoms with Crippen molar-refractivity contribution in [2.45, 2.75) is 11.6 Å². The summed E-state index contributed by atoms with van der Waals surface area (Å²) >= 11 is 1.71. The van der Waals surface area contributed by atoms with Gasteiger partial charge in [0.05, 0.1) is 5.03 Å². The average Bonchev–Trinajstić information content (AvgIpc) is 2.77. The highest BCUT2D eigenvalue weighted by atomic mass is 32.2. The predicted molar refractivity (Wildman–Crippen MR) is 64.7 cm³/mol. The molecular formula is C12H10N2OS. The van der Waals surface area contributed by atoms with Gasteiger partial charge in [0.25, 0.3) is 5.56 Å². The lowest BCUT2D eigenvalue weighted by Crippen LogP contribution is -2.13. The Morgan fingerprint density at radius 1 is 1.25 bits per heavy atom. The summed E-state index contributed by atoms with van der Waals surface area (Å²) in [6, 6.07) is 11.5. The van der Waals surface area contributed by atoms with Gasteiger partial charge in [0.1, 0.15) is 5.82 Å². The highest BCUT2D eigenvalue weighted by Gasteiger charge is 2.16. The van der Waals surface area contributed by atoms with Gasteiger partial charge in [-0.3, -0.25) is 4.79 Å². The van der Waals surface area contributed by atoms with Crippen molar-refractivity contribution in [3.63, 3.8) is 0 Å². The number of hydrogen-bond acceptors (Lipinski definition) is 3. The number of nitrogens with zero attached hydrogens (tertiary/aromatic N) is 2. The number of aromatic nitrogens is 2. The Kier molecular flexibility index (Phi) is 2.29. The van der Waals surface area contributed by atoms with Crippen LogP contribution in [0, 0.1) is 0 Å². The lowest BCUT2D eigenvalue weighted by Gasteiger charge is -2.09. The van der Waals surface area contributed by atoms with Crippen molar-refractivity contribution in [2.75, 3.05) is 5.75 Å². The zero-order valence-corrected chi connectivity index (χ0v) is 9.41. The maximum absolute atomic E-state index is 11.5. The summed E-state index contributed by atoms with van der Waals surface area (Å²) in [5, 5.41) is 1.03. The molecule has 0 spiro atoms. The third-order valence-electron chi connectivity index (χ3n) is 2.58. The van der Waals surface area contributed by atoms with Crippen LogP contribution in [0.25, 0.3) is 11.4 Å². The van der Waals surface area contributed by atoms with Gasteiger partial charge in [-0.15, -0.1) is 11.8 Å². The molecule has 0 saturated heterocycles. The molecule has 4 heteroatoms. The predicted octanol–water partition coefficient (Wildman–Crippen LogP) is 2.02. The van der Waals surface area contributed by atoms with Crippen LogP contribution in [-0.2, 0) is 6.54 Å². The summed E-state index contributed by atoms with van der Waals surface area (Å²) in [5.74, 6) is 1.80. The molecule has 2 heterocycles. The highest BCUT2D eigenvalue weighted by Crippen LogP contribution is 2.28. The summed E-state index contributed by atoms with van der Waals surface area (Å²) < 4.78 is 2.11. The second kappa shape index (κ2) is 3.79. The fourth-order valence-electron chi connectivity index (χ4n) is 1.87. The molecule has 3 nitrogen and oxygen atoms in total. The van der Waals surface area contributed by atoms with Crippen LogP contribution in [0.1, 0.15) is 0 Å². The summed E-state index contributed by atoms with van der Waals surface area (Å²) in [5.41, 5.74) is 0.850. The van der Waals surface area contributed by atoms with Crippen LogP contribution in [-0.4, -0.2) is 15.3 Å². The van der Waals surface area contributed by atoms with Crippen LogP contribution in [0.15, 0.2) is 46.2 Å². The lowest BCUT2D eigenvalue weighted by molar-refractivity contribution is 0.706. The van der Waals surface area contributed by atoms with Crippen molar-refractivity contribution in [2.24, 2.45) is 0 Å². The van der Waals surface area contributed by atoms with E-state index in [1.807, 2.05) is 30.3 Å². The Hall–Kier alpha value is -1.55. The Morgan fingerprint density at radius 3 is 2.88 bits per heavy atom. The molecule has 0 bridgehead atoms. The minimum absolute atomic E-state index is 0.153. The van der Waals surface area contributed by atoms with Gasteiger partial charge in [-0.25, -0.2) is 0 Å². The molecule has 0 N–H and O–H groups in total. The maximum atomic E-state index is 11.5. The SMILES string of the molecule is O=c1cc2n(c(-c3ccccc3)n1)CCS2. The first-order valence-corrected chi connectivity index (χ1v) is 6.13. The van der Waals surface area contributed by atoms with Crippen molar-refractivity contribution in [3.8, 4) is 11.4 Å². The summed E-state index contributed by atoms with van der Waals surface area (Å²) in [7, 11) is 0. The summed E-state index contributed by atoms with van der Waals surface area (Å²) in [4.78, 5) is 15.6. The monoisotopic (exact) mass is 230 g/mol. The Labute approximate surface area is 97.1 Å². The van der Waals surface area contributed by atoms with Gasteiger partial charge >= 0.3 is 0 Å². The molecule has 0 amide bonds. The molecule has 1 aromatic carbocycles. The van der Waals surface area contributed by atoms with Gasteiger partial charge in [-0.1, -0.05) is 30.3 Å². The zero-order chi connectivity index (χ0) is 11.0. The normalized spacial score (nSPS) is 13.8.